The fourth-order valence-corrected chi connectivity index (χ4v) is 8.34. The number of rotatable bonds is 6. The Kier molecular flexibility index (Phi) is 30.6. The predicted molar refractivity (Wildman–Crippen MR) is 310 cm³/mol. The van der Waals surface area contributed by atoms with Gasteiger partial charge in [-0.1, -0.05) is 103 Å². The van der Waals surface area contributed by atoms with Crippen molar-refractivity contribution >= 4 is 55.4 Å². The molecule has 0 spiro atoms. The Hall–Kier alpha value is -7.45. The van der Waals surface area contributed by atoms with Crippen molar-refractivity contribution in [2.45, 2.75) is 26.9 Å². The van der Waals surface area contributed by atoms with E-state index in [2.05, 4.69) is 90.6 Å². The number of ketones is 1. The molecule has 4 radical (unpaired) electrons. The third-order valence-electron chi connectivity index (χ3n) is 11.1. The minimum absolute atomic E-state index is 0. The molecule has 0 saturated heterocycles. The molecule has 12 rings (SSSR count). The molecule has 0 aliphatic carbocycles. The van der Waals surface area contributed by atoms with Gasteiger partial charge in [0.05, 0.1) is 5.76 Å². The van der Waals surface area contributed by atoms with Gasteiger partial charge in [-0.25, -0.2) is 21.1 Å². The van der Waals surface area contributed by atoms with E-state index in [1.54, 1.807) is 73.2 Å². The molecule has 5 aromatic carbocycles. The second-order valence-corrected chi connectivity index (χ2v) is 18.0. The Morgan fingerprint density at radius 3 is 1.48 bits per heavy atom. The number of allylic oxidation sites excluding steroid dienone is 2. The molecule has 0 amide bonds. The van der Waals surface area contributed by atoms with Gasteiger partial charge in [0.15, 0.2) is 5.78 Å². The van der Waals surface area contributed by atoms with Crippen LogP contribution in [-0.4, -0.2) is 51.9 Å². The maximum atomic E-state index is 12.6. The van der Waals surface area contributed by atoms with Crippen LogP contribution < -0.4 is 0 Å². The summed E-state index contributed by atoms with van der Waals surface area (Å²) in [6, 6.07) is 67.1. The van der Waals surface area contributed by atoms with Crippen molar-refractivity contribution in [2.75, 3.05) is 0 Å². The summed E-state index contributed by atoms with van der Waals surface area (Å²) < 4.78 is 37.8. The first-order valence-corrected chi connectivity index (χ1v) is 25.4. The molecule has 0 unspecified atom stereocenters. The van der Waals surface area contributed by atoms with Gasteiger partial charge in [-0.3, -0.25) is 9.78 Å². The third kappa shape index (κ3) is 21.6. The summed E-state index contributed by atoms with van der Waals surface area (Å²) in [5, 5.41) is 25.9. The summed E-state index contributed by atoms with van der Waals surface area (Å²) in [7, 11) is 0. The number of carboxylic acids is 1. The molecule has 18 heteroatoms. The van der Waals surface area contributed by atoms with Crippen LogP contribution in [0.2, 0.25) is 0 Å². The number of aryl methyl sites for hydroxylation is 1. The van der Waals surface area contributed by atoms with Crippen molar-refractivity contribution in [1.29, 1.82) is 0 Å². The minimum atomic E-state index is -4.38. The average Bonchev–Trinajstić information content (AvgIpc) is 4.21. The molecule has 2 N–H and O–H groups in total. The normalized spacial score (nSPS) is 10.1. The Labute approximate surface area is 542 Å². The number of aromatic nitrogens is 6. The third-order valence-corrected chi connectivity index (χ3v) is 11.9. The number of carboxylic acid groups (broad SMARTS) is 1. The molecule has 0 aliphatic rings. The number of carbonyl (C=O) groups excluding carboxylic acids is 1. The van der Waals surface area contributed by atoms with E-state index in [4.69, 9.17) is 10.2 Å². The zero-order valence-electron chi connectivity index (χ0n) is 44.7. The van der Waals surface area contributed by atoms with Crippen LogP contribution in [0, 0.1) is 31.2 Å². The minimum Gasteiger partial charge on any atom is -0.512 e. The standard InChI is InChI=1S/C15H10N.C14H9N2.C13H9F3N.C13H8NS.C6H5NO2.C5H8O2.4Ir/c1-2-7-13(8-3-1)15-14-9-5-4-6-12(14)10-11-16-15;1-2-4-13-11(3-1)7-10-16-14(13)12-5-8-15-9-6-12;1-9-6-10(12-4-2-3-5-17-12)8-11(7-9)13(14,15)16;1-2-5-11-10(4-1)7-8-14-13(11)12-6-3-9-15-12;8-6(9)5-3-1-2-4-7-5;1-4(6)3-5(2)7;;;;/h1-7,9-11H;1-5,7-10H;2-7H,1H3;1-5,7-9H;1-4H,(H,8,9);3,6H,1-2H3;;;;/q4*-1;;;;;;. The number of hydrogen-bond donors (Lipinski definition) is 2. The first-order valence-electron chi connectivity index (χ1n) is 24.6. The summed E-state index contributed by atoms with van der Waals surface area (Å²) in [5.41, 5.74) is 5.71. The van der Waals surface area contributed by atoms with Crippen molar-refractivity contribution in [1.82, 2.24) is 29.9 Å². The Morgan fingerprint density at radius 1 is 0.524 bits per heavy atom. The molecule has 434 valence electrons. The summed E-state index contributed by atoms with van der Waals surface area (Å²) in [4.78, 5) is 46.1. The fourth-order valence-electron chi connectivity index (χ4n) is 7.65. The van der Waals surface area contributed by atoms with E-state index in [9.17, 15) is 22.8 Å². The van der Waals surface area contributed by atoms with Gasteiger partial charge in [0, 0.05) is 117 Å². The van der Waals surface area contributed by atoms with Gasteiger partial charge in [-0.05, 0) is 123 Å². The number of aliphatic hydroxyl groups is 1. The summed E-state index contributed by atoms with van der Waals surface area (Å²) in [6.45, 7) is 4.47. The van der Waals surface area contributed by atoms with E-state index < -0.39 is 17.7 Å². The summed E-state index contributed by atoms with van der Waals surface area (Å²) in [5.74, 6) is -1.05. The maximum absolute atomic E-state index is 12.6. The molecule has 10 nitrogen and oxygen atoms in total. The number of halogens is 3. The Bertz CT molecular complexity index is 3820. The average molecular weight is 1850 g/mol. The van der Waals surface area contributed by atoms with Crippen LogP contribution in [0.3, 0.4) is 0 Å². The first-order chi connectivity index (χ1) is 38.7. The Morgan fingerprint density at radius 2 is 1.05 bits per heavy atom. The number of alkyl halides is 3. The molecule has 84 heavy (non-hydrogen) atoms. The zero-order valence-corrected chi connectivity index (χ0v) is 55.1. The number of nitrogens with zero attached hydrogens (tertiary/aromatic N) is 6. The molecule has 12 aromatic rings. The number of thiophene rings is 1. The fraction of sp³-hybridized carbons (Fsp3) is 0.0606. The van der Waals surface area contributed by atoms with Gasteiger partial charge in [-0.15, -0.1) is 76.7 Å². The smallest absolute Gasteiger partial charge is 0.399 e. The van der Waals surface area contributed by atoms with Crippen molar-refractivity contribution < 1.29 is 113 Å². The first kappa shape index (κ1) is 70.8. The van der Waals surface area contributed by atoms with Crippen molar-refractivity contribution in [3.05, 3.63) is 278 Å². The van der Waals surface area contributed by atoms with Crippen LogP contribution in [0.4, 0.5) is 13.2 Å². The van der Waals surface area contributed by atoms with E-state index in [1.165, 1.54) is 59.1 Å². The quantitative estimate of drug-likeness (QED) is 0.0935. The molecule has 0 bridgehead atoms. The monoisotopic (exact) mass is 1850 g/mol. The summed E-state index contributed by atoms with van der Waals surface area (Å²) in [6.07, 6.45) is 8.72. The molecular weight excluding hydrogens is 1800 g/mol. The second kappa shape index (κ2) is 36.3. The maximum Gasteiger partial charge on any atom is 0.399 e. The molecule has 0 atom stereocenters. The number of pyridine rings is 6. The van der Waals surface area contributed by atoms with Gasteiger partial charge in [0.2, 0.25) is 0 Å². The van der Waals surface area contributed by atoms with Gasteiger partial charge < -0.3 is 30.1 Å². The molecule has 7 heterocycles. The van der Waals surface area contributed by atoms with E-state index in [-0.39, 0.29) is 97.7 Å². The largest absolute Gasteiger partial charge is 0.512 e. The van der Waals surface area contributed by atoms with Gasteiger partial charge in [-0.2, -0.15) is 36.9 Å². The van der Waals surface area contributed by atoms with Crippen LogP contribution >= 0.6 is 11.3 Å². The number of aromatic carboxylic acids is 1. The van der Waals surface area contributed by atoms with Gasteiger partial charge in [0.1, 0.15) is 5.69 Å². The van der Waals surface area contributed by atoms with Crippen LogP contribution in [0.1, 0.15) is 35.5 Å². The molecule has 7 aromatic heterocycles. The van der Waals surface area contributed by atoms with E-state index in [1.807, 2.05) is 115 Å². The van der Waals surface area contributed by atoms with E-state index in [0.29, 0.717) is 16.8 Å². The summed E-state index contributed by atoms with van der Waals surface area (Å²) >= 11 is 1.67. The van der Waals surface area contributed by atoms with Crippen molar-refractivity contribution in [3.63, 3.8) is 0 Å². The van der Waals surface area contributed by atoms with Gasteiger partial charge in [0.25, 0.3) is 0 Å². The second-order valence-electron chi connectivity index (χ2n) is 17.1. The number of hydrogen-bond acceptors (Lipinski definition) is 10. The molecule has 0 saturated carbocycles. The predicted octanol–water partition coefficient (Wildman–Crippen LogP) is 16.2. The van der Waals surface area contributed by atoms with Crippen molar-refractivity contribution in [3.8, 4) is 44.3 Å². The Balaban J connectivity index is 0.000000267. The topological polar surface area (TPSA) is 152 Å². The van der Waals surface area contributed by atoms with Crippen LogP contribution in [-0.2, 0) is 91.4 Å². The van der Waals surface area contributed by atoms with Crippen molar-refractivity contribution in [2.24, 2.45) is 0 Å². The van der Waals surface area contributed by atoms with Crippen LogP contribution in [0.5, 0.6) is 0 Å². The molecule has 0 fully saturated rings. The van der Waals surface area contributed by atoms with E-state index in [0.717, 1.165) is 44.5 Å². The van der Waals surface area contributed by atoms with E-state index >= 15 is 0 Å². The molecular formula is C66H49F3Ir4N6O4S-4. The number of fused-ring (bicyclic) bond motifs is 3. The number of benzene rings is 5. The zero-order chi connectivity index (χ0) is 56.7. The number of aliphatic hydroxyl groups excluding tert-OH is 1. The number of carbonyl (C=O) groups is 2. The SMILES string of the molecule is CC(=O)C=C(C)O.Cc1cc(-c2ccccn2)[c-]c(C(F)(F)F)c1.O=C(O)c1ccccn1.[Ir].[Ir].[Ir].[Ir].[c-]1ccccc1-c1nccc2ccccc12.[c-]1ccsc1-c1nccc2ccccc12.[c-]1cnccc1-c1nccc2ccccc12. The van der Waals surface area contributed by atoms with Gasteiger partial charge >= 0.3 is 12.1 Å². The van der Waals surface area contributed by atoms with Crippen LogP contribution in [0.25, 0.3) is 76.7 Å². The van der Waals surface area contributed by atoms with Crippen LogP contribution in [0.15, 0.2) is 237 Å². The molecule has 0 aliphatic heterocycles.